The van der Waals surface area contributed by atoms with E-state index in [9.17, 15) is 8.42 Å². The number of aryl methyl sites for hydroxylation is 1. The summed E-state index contributed by atoms with van der Waals surface area (Å²) in [6, 6.07) is 33.2. The van der Waals surface area contributed by atoms with Gasteiger partial charge in [-0.25, -0.2) is 8.42 Å². The second kappa shape index (κ2) is 19.5. The van der Waals surface area contributed by atoms with Crippen LogP contribution in [0.2, 0.25) is 0 Å². The molecule has 0 heterocycles. The number of benzene rings is 4. The second-order valence-corrected chi connectivity index (χ2v) is 13.8. The molecule has 0 spiro atoms. The van der Waals surface area contributed by atoms with Crippen LogP contribution in [0.5, 0.6) is 0 Å². The Labute approximate surface area is 293 Å². The number of sulfonamides is 1. The maximum atomic E-state index is 14.6. The molecule has 0 aromatic heterocycles. The van der Waals surface area contributed by atoms with E-state index in [1.165, 1.54) is 5.56 Å². The number of rotatable bonds is 14. The molecule has 1 unspecified atom stereocenters. The number of hydrogen-bond donors (Lipinski definition) is 0. The third-order valence-electron chi connectivity index (χ3n) is 7.96. The molecule has 0 bridgehead atoms. The summed E-state index contributed by atoms with van der Waals surface area (Å²) in [7, 11) is 0.506. The van der Waals surface area contributed by atoms with Gasteiger partial charge in [-0.15, -0.1) is 18.6 Å². The van der Waals surface area contributed by atoms with Crippen LogP contribution in [-0.2, 0) is 33.8 Å². The van der Waals surface area contributed by atoms with Crippen LogP contribution in [0.1, 0.15) is 111 Å². The molecular weight excluding hydrogens is 697 g/mol. The first-order valence-electron chi connectivity index (χ1n) is 15.7. The Morgan fingerprint density at radius 3 is 1.50 bits per heavy atom. The van der Waals surface area contributed by atoms with Crippen LogP contribution in [0.4, 0.5) is 0 Å². The summed E-state index contributed by atoms with van der Waals surface area (Å²) in [5.41, 5.74) is 5.89. The van der Waals surface area contributed by atoms with Gasteiger partial charge in [0.25, 0.3) is 0 Å². The van der Waals surface area contributed by atoms with E-state index in [2.05, 4.69) is 87.6 Å². The van der Waals surface area contributed by atoms with Gasteiger partial charge in [-0.3, -0.25) is 0 Å². The van der Waals surface area contributed by atoms with Crippen molar-refractivity contribution in [2.24, 2.45) is 0 Å². The van der Waals surface area contributed by atoms with Crippen LogP contribution in [-0.4, -0.2) is 15.0 Å². The molecule has 0 N–H and O–H groups in total. The molecule has 4 aromatic rings. The molecule has 7 heteroatoms. The fourth-order valence-electron chi connectivity index (χ4n) is 5.54. The minimum absolute atomic E-state index is 0. The predicted octanol–water partition coefficient (Wildman–Crippen LogP) is 11.7. The molecule has 0 fully saturated rings. The standard InChI is InChI=1S/C38H46N2O2S.CH3.ClH.Ru/c1-27(2)33-25-34(28(3)4)38(35(26-33)29(5)6)43(41,42)40-37(32-22-14-9-15-23-32)36(31-20-12-8-13-21-31)39-24-16-19-30-17-10-7-11-18-30;;;/h7-15,17-18,20-23,25-29,36-37H,16,19,24H2,1-6H3;1H3;1H;/q-2;-1;;+4/p-1/t36?,37-;;;/m1.../s1. The summed E-state index contributed by atoms with van der Waals surface area (Å²) < 4.78 is 34.0. The van der Waals surface area contributed by atoms with Crippen LogP contribution in [0, 0.1) is 7.43 Å². The van der Waals surface area contributed by atoms with Crippen LogP contribution in [0.25, 0.3) is 10.0 Å². The first-order valence-corrected chi connectivity index (χ1v) is 19.3. The number of hydrogen-bond acceptors (Lipinski definition) is 2. The predicted molar refractivity (Wildman–Crippen MR) is 193 cm³/mol. The summed E-state index contributed by atoms with van der Waals surface area (Å²) in [5.74, 6) is 0.343. The molecule has 248 valence electrons. The Morgan fingerprint density at radius 2 is 1.07 bits per heavy atom. The van der Waals surface area contributed by atoms with Gasteiger partial charge < -0.3 is 17.5 Å². The van der Waals surface area contributed by atoms with Gasteiger partial charge in [0.2, 0.25) is 0 Å². The van der Waals surface area contributed by atoms with E-state index in [4.69, 9.17) is 10.0 Å². The van der Waals surface area contributed by atoms with E-state index in [0.29, 0.717) is 11.4 Å². The molecule has 4 nitrogen and oxygen atoms in total. The first-order chi connectivity index (χ1) is 21.6. The van der Waals surface area contributed by atoms with Gasteiger partial charge >= 0.3 is 27.0 Å². The normalized spacial score (nSPS) is 12.7. The van der Waals surface area contributed by atoms with Crippen molar-refractivity contribution >= 4 is 19.7 Å². The SMILES string of the molecule is CC(C)c1cc(C(C)C)c(S(=O)(=O)[N-][C@H](c2ccccc2)C([N-]CCCc2ccccc2)c2ccccc2)c(C(C)C)c1.[CH3-].[Cl][Ru+3]. The zero-order chi connectivity index (χ0) is 33.0. The van der Waals surface area contributed by atoms with Gasteiger partial charge in [0.15, 0.2) is 0 Å². The van der Waals surface area contributed by atoms with Crippen LogP contribution >= 0.6 is 9.69 Å². The molecule has 0 aliphatic carbocycles. The first kappa shape index (κ1) is 39.8. The molecule has 4 rings (SSSR count). The van der Waals surface area contributed by atoms with Gasteiger partial charge in [0.1, 0.15) is 10.0 Å². The van der Waals surface area contributed by atoms with E-state index >= 15 is 0 Å². The molecular formula is C39H49ClN2O2RuS. The Hall–Kier alpha value is -2.34. The summed E-state index contributed by atoms with van der Waals surface area (Å²) >= 11 is 1.82. The van der Waals surface area contributed by atoms with Crippen molar-refractivity contribution in [1.82, 2.24) is 0 Å². The summed E-state index contributed by atoms with van der Waals surface area (Å²) in [5, 5.41) is 5.16. The summed E-state index contributed by atoms with van der Waals surface area (Å²) in [6.07, 6.45) is 1.78. The van der Waals surface area contributed by atoms with Gasteiger partial charge in [-0.2, -0.15) is 0 Å². The number of halogens is 1. The van der Waals surface area contributed by atoms with Crippen molar-refractivity contribution in [3.05, 3.63) is 154 Å². The fourth-order valence-corrected chi connectivity index (χ4v) is 7.36. The molecule has 4 aromatic carbocycles. The van der Waals surface area contributed by atoms with Crippen LogP contribution < -0.4 is 0 Å². The molecule has 0 radical (unpaired) electrons. The van der Waals surface area contributed by atoms with Crippen molar-refractivity contribution in [2.45, 2.75) is 89.1 Å². The van der Waals surface area contributed by atoms with E-state index in [0.717, 1.165) is 40.7 Å². The van der Waals surface area contributed by atoms with E-state index in [-0.39, 0.29) is 25.2 Å². The van der Waals surface area contributed by atoms with Crippen molar-refractivity contribution in [2.75, 3.05) is 6.54 Å². The Kier molecular flexibility index (Phi) is 16.9. The molecule has 0 saturated carbocycles. The summed E-state index contributed by atoms with van der Waals surface area (Å²) in [4.78, 5) is 0.360. The molecule has 0 saturated heterocycles. The second-order valence-electron chi connectivity index (χ2n) is 12.3. The Bertz CT molecular complexity index is 1520. The molecule has 46 heavy (non-hydrogen) atoms. The van der Waals surface area contributed by atoms with Gasteiger partial charge in [0.05, 0.1) is 4.90 Å². The third-order valence-corrected chi connectivity index (χ3v) is 9.46. The zero-order valence-corrected chi connectivity index (χ0v) is 31.5. The van der Waals surface area contributed by atoms with Crippen molar-refractivity contribution < 1.29 is 25.7 Å². The fraction of sp³-hybridized carbons (Fsp3) is 0.359. The minimum atomic E-state index is -4.06. The quantitative estimate of drug-likeness (QED) is 0.0733. The third kappa shape index (κ3) is 10.9. The molecule has 0 amide bonds. The van der Waals surface area contributed by atoms with Gasteiger partial charge in [-0.05, 0) is 46.4 Å². The molecule has 2 atom stereocenters. The Balaban J connectivity index is 0.00000241. The Morgan fingerprint density at radius 1 is 0.630 bits per heavy atom. The monoisotopic (exact) mass is 746 g/mol. The van der Waals surface area contributed by atoms with Gasteiger partial charge in [0, 0.05) is 0 Å². The van der Waals surface area contributed by atoms with Crippen molar-refractivity contribution in [3.63, 3.8) is 0 Å². The molecule has 0 aliphatic rings. The summed E-state index contributed by atoms with van der Waals surface area (Å²) in [6.45, 7) is 13.1. The van der Waals surface area contributed by atoms with Crippen LogP contribution in [0.3, 0.4) is 0 Å². The van der Waals surface area contributed by atoms with Crippen LogP contribution in [0.15, 0.2) is 108 Å². The topological polar surface area (TPSA) is 62.3 Å². The zero-order valence-electron chi connectivity index (χ0n) is 28.2. The average Bonchev–Trinajstić information content (AvgIpc) is 3.05. The van der Waals surface area contributed by atoms with Gasteiger partial charge in [-0.1, -0.05) is 162 Å². The average molecular weight is 746 g/mol. The van der Waals surface area contributed by atoms with E-state index in [1.54, 1.807) is 0 Å². The number of nitrogens with zero attached hydrogens (tertiary/aromatic N) is 2. The maximum absolute atomic E-state index is 14.6. The van der Waals surface area contributed by atoms with Crippen molar-refractivity contribution in [1.29, 1.82) is 0 Å². The van der Waals surface area contributed by atoms with Crippen molar-refractivity contribution in [3.8, 4) is 0 Å². The molecule has 0 aliphatic heterocycles. The van der Waals surface area contributed by atoms with E-state index in [1.807, 2.05) is 84.0 Å². The van der Waals surface area contributed by atoms with E-state index < -0.39 is 22.1 Å².